The molecule has 0 spiro atoms. The second kappa shape index (κ2) is 9.11. The van der Waals surface area contributed by atoms with Crippen molar-refractivity contribution >= 4 is 28.3 Å². The van der Waals surface area contributed by atoms with E-state index in [4.69, 9.17) is 0 Å². The van der Waals surface area contributed by atoms with Crippen LogP contribution in [0.4, 0.5) is 11.6 Å². The predicted molar refractivity (Wildman–Crippen MR) is 131 cm³/mol. The summed E-state index contributed by atoms with van der Waals surface area (Å²) >= 11 is 0. The Hall–Kier alpha value is -3.58. The number of rotatable bonds is 6. The molecule has 3 aromatic heterocycles. The molecule has 0 aliphatic carbocycles. The lowest BCUT2D eigenvalue weighted by Crippen LogP contribution is -2.31. The smallest absolute Gasteiger partial charge is 0.227 e. The number of carbonyl (C=O) groups is 1. The van der Waals surface area contributed by atoms with Crippen molar-refractivity contribution in [1.82, 2.24) is 24.8 Å². The Morgan fingerprint density at radius 3 is 2.70 bits per heavy atom. The van der Waals surface area contributed by atoms with Gasteiger partial charge in [-0.3, -0.25) is 9.78 Å². The largest absolute Gasteiger partial charge is 0.352 e. The van der Waals surface area contributed by atoms with Crippen LogP contribution in [0.2, 0.25) is 0 Å². The third-order valence-electron chi connectivity index (χ3n) is 6.32. The maximum Gasteiger partial charge on any atom is 0.227 e. The van der Waals surface area contributed by atoms with Crippen LogP contribution in [0.5, 0.6) is 0 Å². The van der Waals surface area contributed by atoms with Gasteiger partial charge in [0, 0.05) is 35.4 Å². The van der Waals surface area contributed by atoms with E-state index in [2.05, 4.69) is 37.2 Å². The number of fused-ring (bicyclic) bond motifs is 1. The van der Waals surface area contributed by atoms with Crippen LogP contribution in [0, 0.1) is 12.8 Å². The highest BCUT2D eigenvalue weighted by atomic mass is 16.1. The summed E-state index contributed by atoms with van der Waals surface area (Å²) in [7, 11) is 2.14. The lowest BCUT2D eigenvalue weighted by molar-refractivity contribution is 0.0932. The van der Waals surface area contributed by atoms with Crippen LogP contribution in [-0.4, -0.2) is 50.8 Å². The molecule has 2 N–H and O–H groups in total. The Morgan fingerprint density at radius 1 is 1.06 bits per heavy atom. The number of anilines is 2. The highest BCUT2D eigenvalue weighted by Gasteiger charge is 2.21. The topological polar surface area (TPSA) is 86.8 Å². The highest BCUT2D eigenvalue weighted by Crippen LogP contribution is 2.26. The molecule has 1 aliphatic rings. The summed E-state index contributed by atoms with van der Waals surface area (Å²) in [5.74, 6) is 1.17. The third-order valence-corrected chi connectivity index (χ3v) is 6.32. The summed E-state index contributed by atoms with van der Waals surface area (Å²) in [6.45, 7) is 4.18. The number of ketones is 1. The number of piperidine rings is 1. The lowest BCUT2D eigenvalue weighted by Gasteiger charge is -2.28. The fourth-order valence-corrected chi connectivity index (χ4v) is 4.37. The molecule has 7 nitrogen and oxygen atoms in total. The first-order chi connectivity index (χ1) is 16.0. The van der Waals surface area contributed by atoms with Crippen molar-refractivity contribution in [3.8, 4) is 11.4 Å². The van der Waals surface area contributed by atoms with Gasteiger partial charge in [0.1, 0.15) is 0 Å². The van der Waals surface area contributed by atoms with Crippen molar-refractivity contribution in [2.75, 3.05) is 25.5 Å². The second-order valence-corrected chi connectivity index (χ2v) is 8.97. The summed E-state index contributed by atoms with van der Waals surface area (Å²) in [4.78, 5) is 31.8. The van der Waals surface area contributed by atoms with Crippen LogP contribution in [-0.2, 0) is 0 Å². The number of Topliss-reactive ketones (excluding diaryl/α,β-unsaturated/α-hetero) is 1. The summed E-state index contributed by atoms with van der Waals surface area (Å²) in [6.07, 6.45) is 6.30. The summed E-state index contributed by atoms with van der Waals surface area (Å²) in [6, 6.07) is 13.7. The van der Waals surface area contributed by atoms with Crippen molar-refractivity contribution in [2.45, 2.75) is 26.2 Å². The molecule has 1 saturated heterocycles. The molecule has 0 amide bonds. The van der Waals surface area contributed by atoms with Gasteiger partial charge in [-0.25, -0.2) is 9.97 Å². The normalized spacial score (nSPS) is 15.1. The number of carbonyl (C=O) groups excluding carboxylic acids is 1. The van der Waals surface area contributed by atoms with Crippen molar-refractivity contribution in [3.05, 3.63) is 66.1 Å². The number of hydrogen-bond acceptors (Lipinski definition) is 6. The first-order valence-electron chi connectivity index (χ1n) is 11.4. The monoisotopic (exact) mass is 440 g/mol. The number of aryl methyl sites for hydroxylation is 1. The Kier molecular flexibility index (Phi) is 5.88. The molecular weight excluding hydrogens is 412 g/mol. The molecule has 168 valence electrons. The van der Waals surface area contributed by atoms with E-state index in [9.17, 15) is 4.79 Å². The van der Waals surface area contributed by atoms with E-state index in [0.717, 1.165) is 59.5 Å². The quantitative estimate of drug-likeness (QED) is 0.411. The van der Waals surface area contributed by atoms with E-state index in [-0.39, 0.29) is 5.78 Å². The average molecular weight is 441 g/mol. The third kappa shape index (κ3) is 4.93. The molecule has 0 saturated carbocycles. The molecule has 1 aromatic carbocycles. The summed E-state index contributed by atoms with van der Waals surface area (Å²) in [5.41, 5.74) is 5.21. The van der Waals surface area contributed by atoms with E-state index < -0.39 is 0 Å². The van der Waals surface area contributed by atoms with Gasteiger partial charge in [-0.05, 0) is 93.8 Å². The van der Waals surface area contributed by atoms with Gasteiger partial charge in [-0.1, -0.05) is 0 Å². The number of aromatic amines is 1. The first kappa shape index (κ1) is 21.3. The van der Waals surface area contributed by atoms with Crippen LogP contribution in [0.25, 0.3) is 22.3 Å². The maximum atomic E-state index is 12.8. The van der Waals surface area contributed by atoms with Gasteiger partial charge < -0.3 is 15.2 Å². The fourth-order valence-electron chi connectivity index (χ4n) is 4.37. The Bertz CT molecular complexity index is 1290. The number of nitrogens with one attached hydrogen (secondary N) is 2. The van der Waals surface area contributed by atoms with Gasteiger partial charge in [0.25, 0.3) is 0 Å². The van der Waals surface area contributed by atoms with Crippen molar-refractivity contribution in [2.24, 2.45) is 5.92 Å². The zero-order valence-corrected chi connectivity index (χ0v) is 19.0. The molecule has 4 heterocycles. The second-order valence-electron chi connectivity index (χ2n) is 8.97. The molecule has 0 radical (unpaired) electrons. The van der Waals surface area contributed by atoms with Gasteiger partial charge >= 0.3 is 0 Å². The number of nitrogens with zero attached hydrogens (tertiary/aromatic N) is 4. The molecule has 33 heavy (non-hydrogen) atoms. The number of hydrogen-bond donors (Lipinski definition) is 2. The number of benzene rings is 1. The number of aromatic nitrogens is 4. The van der Waals surface area contributed by atoms with E-state index >= 15 is 0 Å². The number of pyridine rings is 1. The first-order valence-corrected chi connectivity index (χ1v) is 11.4. The average Bonchev–Trinajstić information content (AvgIpc) is 3.24. The zero-order chi connectivity index (χ0) is 22.8. The van der Waals surface area contributed by atoms with Crippen LogP contribution in [0.3, 0.4) is 0 Å². The van der Waals surface area contributed by atoms with Gasteiger partial charge in [-0.2, -0.15) is 0 Å². The van der Waals surface area contributed by atoms with Crippen LogP contribution >= 0.6 is 0 Å². The lowest BCUT2D eigenvalue weighted by atomic mass is 9.91. The van der Waals surface area contributed by atoms with E-state index in [1.807, 2.05) is 49.4 Å². The maximum absolute atomic E-state index is 12.8. The van der Waals surface area contributed by atoms with Crippen LogP contribution < -0.4 is 5.32 Å². The molecule has 0 bridgehead atoms. The standard InChI is InChI=1S/C26H28N6O/c1-17-5-9-27-23(13-17)22-6-10-28-26(31-22)29-20-3-4-21-19(15-20)16-24(30-21)25(33)14-18-7-11-32(2)12-8-18/h3-6,9-10,13,15-16,18,30H,7-8,11-12,14H2,1-2H3,(H,28,29,31). The van der Waals surface area contributed by atoms with E-state index in [1.165, 1.54) is 0 Å². The van der Waals surface area contributed by atoms with Crippen molar-refractivity contribution < 1.29 is 4.79 Å². The molecule has 4 aromatic rings. The molecular formula is C26H28N6O. The minimum absolute atomic E-state index is 0.192. The van der Waals surface area contributed by atoms with Crippen molar-refractivity contribution in [3.63, 3.8) is 0 Å². The molecule has 5 rings (SSSR count). The van der Waals surface area contributed by atoms with Gasteiger partial charge in [0.2, 0.25) is 5.95 Å². The van der Waals surface area contributed by atoms with Crippen LogP contribution in [0.15, 0.2) is 54.9 Å². The SMILES string of the molecule is Cc1ccnc(-c2ccnc(Nc3ccc4[nH]c(C(=O)CC5CCN(C)CC5)cc4c3)n2)c1. The van der Waals surface area contributed by atoms with Gasteiger partial charge in [0.05, 0.1) is 17.1 Å². The number of likely N-dealkylation sites (tertiary alicyclic amines) is 1. The zero-order valence-electron chi connectivity index (χ0n) is 19.0. The number of H-pyrrole nitrogens is 1. The predicted octanol–water partition coefficient (Wildman–Crippen LogP) is 4.99. The van der Waals surface area contributed by atoms with E-state index in [0.29, 0.717) is 24.0 Å². The minimum Gasteiger partial charge on any atom is -0.352 e. The van der Waals surface area contributed by atoms with Gasteiger partial charge in [-0.15, -0.1) is 0 Å². The summed E-state index contributed by atoms with van der Waals surface area (Å²) < 4.78 is 0. The Balaban J connectivity index is 1.31. The van der Waals surface area contributed by atoms with Gasteiger partial charge in [0.15, 0.2) is 5.78 Å². The van der Waals surface area contributed by atoms with Crippen molar-refractivity contribution in [1.29, 1.82) is 0 Å². The van der Waals surface area contributed by atoms with Crippen LogP contribution in [0.1, 0.15) is 35.3 Å². The molecule has 1 aliphatic heterocycles. The summed E-state index contributed by atoms with van der Waals surface area (Å²) in [5, 5.41) is 4.26. The highest BCUT2D eigenvalue weighted by molar-refractivity contribution is 6.00. The molecule has 0 atom stereocenters. The van der Waals surface area contributed by atoms with E-state index in [1.54, 1.807) is 12.4 Å². The molecule has 0 unspecified atom stereocenters. The Labute approximate surface area is 193 Å². The fraction of sp³-hybridized carbons (Fsp3) is 0.308. The molecule has 1 fully saturated rings. The minimum atomic E-state index is 0.192. The molecule has 7 heteroatoms. The Morgan fingerprint density at radius 2 is 1.88 bits per heavy atom.